The van der Waals surface area contributed by atoms with Crippen LogP contribution < -0.4 is 0 Å². The van der Waals surface area contributed by atoms with Crippen LogP contribution in [0.3, 0.4) is 0 Å². The second-order valence-electron chi connectivity index (χ2n) is 2.61. The summed E-state index contributed by atoms with van der Waals surface area (Å²) in [5, 5.41) is 8.48. The molecule has 10 heavy (non-hydrogen) atoms. The molecule has 0 saturated heterocycles. The van der Waals surface area contributed by atoms with Gasteiger partial charge in [0, 0.05) is 0 Å². The van der Waals surface area contributed by atoms with Crippen molar-refractivity contribution in [3.63, 3.8) is 0 Å². The van der Waals surface area contributed by atoms with Gasteiger partial charge in [-0.05, 0) is 25.7 Å². The number of aliphatic hydroxyl groups is 1. The first kappa shape index (κ1) is 7.55. The molecule has 0 aromatic heterocycles. The highest BCUT2D eigenvalue weighted by molar-refractivity contribution is 5.19. The van der Waals surface area contributed by atoms with Gasteiger partial charge >= 0.3 is 0 Å². The van der Waals surface area contributed by atoms with Gasteiger partial charge < -0.3 is 5.11 Å². The van der Waals surface area contributed by atoms with Crippen LogP contribution in [0.4, 0.5) is 0 Å². The van der Waals surface area contributed by atoms with Crippen molar-refractivity contribution in [2.24, 2.45) is 0 Å². The maximum absolute atomic E-state index is 8.48. The highest BCUT2D eigenvalue weighted by Crippen LogP contribution is 2.17. The van der Waals surface area contributed by atoms with Gasteiger partial charge in [-0.1, -0.05) is 23.8 Å². The van der Waals surface area contributed by atoms with Gasteiger partial charge in [0.05, 0.1) is 6.61 Å². The molecule has 0 aliphatic heterocycles. The van der Waals surface area contributed by atoms with E-state index in [4.69, 9.17) is 5.11 Å². The van der Waals surface area contributed by atoms with Crippen LogP contribution in [-0.4, -0.2) is 11.7 Å². The Balaban J connectivity index is 2.38. The summed E-state index contributed by atoms with van der Waals surface area (Å²) in [6.45, 7) is 0.164. The average molecular weight is 138 g/mol. The predicted molar refractivity (Wildman–Crippen MR) is 42.8 cm³/mol. The van der Waals surface area contributed by atoms with E-state index >= 15 is 0 Å². The lowest BCUT2D eigenvalue weighted by Gasteiger charge is -2.07. The molecule has 0 heterocycles. The normalized spacial score (nSPS) is 19.5. The van der Waals surface area contributed by atoms with E-state index in [1.165, 1.54) is 31.3 Å². The fourth-order valence-corrected chi connectivity index (χ4v) is 1.22. The van der Waals surface area contributed by atoms with Gasteiger partial charge in [-0.25, -0.2) is 0 Å². The van der Waals surface area contributed by atoms with Gasteiger partial charge in [-0.15, -0.1) is 0 Å². The topological polar surface area (TPSA) is 20.2 Å². The summed E-state index contributed by atoms with van der Waals surface area (Å²) in [6.07, 6.45) is 11.1. The molecule has 0 radical (unpaired) electrons. The number of hydrogen-bond donors (Lipinski definition) is 1. The fourth-order valence-electron chi connectivity index (χ4n) is 1.22. The Morgan fingerprint density at radius 1 is 1.50 bits per heavy atom. The monoisotopic (exact) mass is 138 g/mol. The Kier molecular flexibility index (Phi) is 3.23. The summed E-state index contributed by atoms with van der Waals surface area (Å²) in [7, 11) is 0. The summed E-state index contributed by atoms with van der Waals surface area (Å²) < 4.78 is 0. The molecule has 0 unspecified atom stereocenters. The zero-order valence-electron chi connectivity index (χ0n) is 6.21. The Hall–Kier alpha value is -0.560. The van der Waals surface area contributed by atoms with Crippen molar-refractivity contribution in [2.75, 3.05) is 6.61 Å². The average Bonchev–Trinajstić information content (AvgIpc) is 2.03. The first-order valence-corrected chi connectivity index (χ1v) is 3.90. The van der Waals surface area contributed by atoms with E-state index in [0.717, 1.165) is 0 Å². The van der Waals surface area contributed by atoms with Crippen molar-refractivity contribution in [3.05, 3.63) is 23.8 Å². The molecule has 1 nitrogen and oxygen atoms in total. The lowest BCUT2D eigenvalue weighted by molar-refractivity contribution is 0.342. The number of aliphatic hydroxyl groups excluding tert-OH is 1. The molecule has 0 bridgehead atoms. The Morgan fingerprint density at radius 3 is 3.00 bits per heavy atom. The SMILES string of the molecule is OC/C=C\C1=CCCCC1. The second kappa shape index (κ2) is 4.29. The minimum Gasteiger partial charge on any atom is -0.392 e. The first-order valence-electron chi connectivity index (χ1n) is 3.90. The zero-order valence-corrected chi connectivity index (χ0v) is 6.21. The third-order valence-corrected chi connectivity index (χ3v) is 1.76. The Bertz CT molecular complexity index is 145. The minimum absolute atomic E-state index is 0.164. The molecule has 1 aliphatic carbocycles. The Morgan fingerprint density at radius 2 is 2.40 bits per heavy atom. The summed E-state index contributed by atoms with van der Waals surface area (Å²) in [6, 6.07) is 0. The molecule has 0 amide bonds. The Labute approximate surface area is 62.1 Å². The summed E-state index contributed by atoms with van der Waals surface area (Å²) in [5.74, 6) is 0. The summed E-state index contributed by atoms with van der Waals surface area (Å²) >= 11 is 0. The summed E-state index contributed by atoms with van der Waals surface area (Å²) in [5.41, 5.74) is 1.39. The van der Waals surface area contributed by atoms with Crippen molar-refractivity contribution in [1.82, 2.24) is 0 Å². The van der Waals surface area contributed by atoms with Crippen molar-refractivity contribution in [1.29, 1.82) is 0 Å². The molecule has 1 aliphatic rings. The van der Waals surface area contributed by atoms with E-state index in [0.29, 0.717) is 0 Å². The number of rotatable bonds is 2. The smallest absolute Gasteiger partial charge is 0.0615 e. The molecule has 56 valence electrons. The molecule has 0 atom stereocenters. The number of allylic oxidation sites excluding steroid dienone is 3. The van der Waals surface area contributed by atoms with Gasteiger partial charge in [0.25, 0.3) is 0 Å². The van der Waals surface area contributed by atoms with Crippen LogP contribution in [-0.2, 0) is 0 Å². The lowest BCUT2D eigenvalue weighted by Crippen LogP contribution is -1.88. The third kappa shape index (κ3) is 2.36. The highest BCUT2D eigenvalue weighted by atomic mass is 16.2. The van der Waals surface area contributed by atoms with Crippen LogP contribution in [0.2, 0.25) is 0 Å². The van der Waals surface area contributed by atoms with Gasteiger partial charge in [0.15, 0.2) is 0 Å². The van der Waals surface area contributed by atoms with E-state index < -0.39 is 0 Å². The largest absolute Gasteiger partial charge is 0.392 e. The maximum atomic E-state index is 8.48. The standard InChI is InChI=1S/C9H14O/c10-8-4-7-9-5-2-1-3-6-9/h4-5,7,10H,1-3,6,8H2/b7-4-. The second-order valence-corrected chi connectivity index (χ2v) is 2.61. The maximum Gasteiger partial charge on any atom is 0.0615 e. The van der Waals surface area contributed by atoms with Gasteiger partial charge in [-0.3, -0.25) is 0 Å². The van der Waals surface area contributed by atoms with E-state index in [1.54, 1.807) is 6.08 Å². The van der Waals surface area contributed by atoms with E-state index in [1.807, 2.05) is 6.08 Å². The molecule has 0 fully saturated rings. The highest BCUT2D eigenvalue weighted by Gasteiger charge is 1.98. The van der Waals surface area contributed by atoms with Crippen molar-refractivity contribution in [2.45, 2.75) is 25.7 Å². The quantitative estimate of drug-likeness (QED) is 0.619. The van der Waals surface area contributed by atoms with Crippen molar-refractivity contribution < 1.29 is 5.11 Å². The van der Waals surface area contributed by atoms with E-state index in [-0.39, 0.29) is 6.61 Å². The van der Waals surface area contributed by atoms with Gasteiger partial charge in [-0.2, -0.15) is 0 Å². The van der Waals surface area contributed by atoms with Gasteiger partial charge in [0.2, 0.25) is 0 Å². The molecule has 0 aromatic rings. The number of hydrogen-bond acceptors (Lipinski definition) is 1. The molecule has 0 spiro atoms. The molecule has 0 aromatic carbocycles. The minimum atomic E-state index is 0.164. The lowest BCUT2D eigenvalue weighted by atomic mass is 9.99. The molecule has 1 heteroatoms. The van der Waals surface area contributed by atoms with E-state index in [2.05, 4.69) is 6.08 Å². The summed E-state index contributed by atoms with van der Waals surface area (Å²) in [4.78, 5) is 0. The van der Waals surface area contributed by atoms with Crippen LogP contribution >= 0.6 is 0 Å². The van der Waals surface area contributed by atoms with Crippen LogP contribution in [0.1, 0.15) is 25.7 Å². The molecule has 1 rings (SSSR count). The molecule has 0 saturated carbocycles. The van der Waals surface area contributed by atoms with Crippen LogP contribution in [0, 0.1) is 0 Å². The molecular weight excluding hydrogens is 124 g/mol. The fraction of sp³-hybridized carbons (Fsp3) is 0.556. The van der Waals surface area contributed by atoms with Gasteiger partial charge in [0.1, 0.15) is 0 Å². The van der Waals surface area contributed by atoms with Crippen LogP contribution in [0.5, 0.6) is 0 Å². The van der Waals surface area contributed by atoms with E-state index in [9.17, 15) is 0 Å². The van der Waals surface area contributed by atoms with Crippen molar-refractivity contribution in [3.8, 4) is 0 Å². The predicted octanol–water partition coefficient (Wildman–Crippen LogP) is 2.04. The first-order chi connectivity index (χ1) is 4.93. The van der Waals surface area contributed by atoms with Crippen molar-refractivity contribution >= 4 is 0 Å². The zero-order chi connectivity index (χ0) is 7.23. The van der Waals surface area contributed by atoms with Crippen LogP contribution in [0.25, 0.3) is 0 Å². The molecule has 1 N–H and O–H groups in total. The molecular formula is C9H14O. The van der Waals surface area contributed by atoms with Crippen LogP contribution in [0.15, 0.2) is 23.8 Å². The third-order valence-electron chi connectivity index (χ3n) is 1.76.